The van der Waals surface area contributed by atoms with Crippen molar-refractivity contribution in [3.05, 3.63) is 59.6 Å². The van der Waals surface area contributed by atoms with Crippen molar-refractivity contribution in [1.29, 1.82) is 0 Å². The second-order valence-electron chi connectivity index (χ2n) is 6.70. The fourth-order valence-corrected chi connectivity index (χ4v) is 3.36. The highest BCUT2D eigenvalue weighted by molar-refractivity contribution is 6.06. The molecule has 0 unspecified atom stereocenters. The maximum absolute atomic E-state index is 13.7. The van der Waals surface area contributed by atoms with Gasteiger partial charge in [-0.2, -0.15) is 0 Å². The molecule has 1 aromatic carbocycles. The third-order valence-electron chi connectivity index (χ3n) is 4.75. The van der Waals surface area contributed by atoms with Gasteiger partial charge in [0.25, 0.3) is 5.91 Å². The Labute approximate surface area is 171 Å². The summed E-state index contributed by atoms with van der Waals surface area (Å²) in [5.41, 5.74) is 3.21. The number of ether oxygens (including phenoxy) is 2. The first-order valence-electron chi connectivity index (χ1n) is 9.39. The Bertz CT molecular complexity index is 1080. The van der Waals surface area contributed by atoms with Crippen LogP contribution >= 0.6 is 0 Å². The molecule has 9 heteroatoms. The first kappa shape index (κ1) is 19.8. The highest BCUT2D eigenvalue weighted by Gasteiger charge is 2.28. The number of hydrogen-bond acceptors (Lipinski definition) is 5. The molecule has 3 heterocycles. The molecule has 0 spiro atoms. The van der Waals surface area contributed by atoms with E-state index < -0.39 is 11.6 Å². The molecule has 3 aromatic rings. The highest BCUT2D eigenvalue weighted by atomic mass is 19.2. The second-order valence-corrected chi connectivity index (χ2v) is 6.70. The molecular weight excluding hydrogens is 394 g/mol. The second kappa shape index (κ2) is 8.50. The van der Waals surface area contributed by atoms with Crippen molar-refractivity contribution in [3.8, 4) is 17.0 Å². The molecule has 0 fully saturated rings. The number of fused-ring (bicyclic) bond motifs is 1. The summed E-state index contributed by atoms with van der Waals surface area (Å²) in [6.45, 7) is 1.23. The first-order chi connectivity index (χ1) is 14.6. The number of halogens is 2. The molecule has 4 rings (SSSR count). The smallest absolute Gasteiger partial charge is 0.255 e. The zero-order valence-corrected chi connectivity index (χ0v) is 16.2. The van der Waals surface area contributed by atoms with E-state index in [-0.39, 0.29) is 5.91 Å². The normalized spacial score (nSPS) is 13.0. The Morgan fingerprint density at radius 1 is 1.20 bits per heavy atom. The Balaban J connectivity index is 1.81. The van der Waals surface area contributed by atoms with Crippen LogP contribution in [0, 0.1) is 11.6 Å². The molecule has 0 saturated carbocycles. The van der Waals surface area contributed by atoms with Crippen molar-refractivity contribution in [2.24, 2.45) is 0 Å². The number of rotatable bonds is 7. The quantitative estimate of drug-likeness (QED) is 0.516. The highest BCUT2D eigenvalue weighted by Crippen LogP contribution is 2.40. The summed E-state index contributed by atoms with van der Waals surface area (Å²) in [6.07, 6.45) is 3.80. The first-order valence-corrected chi connectivity index (χ1v) is 9.39. The van der Waals surface area contributed by atoms with Gasteiger partial charge in [0.2, 0.25) is 0 Å². The van der Waals surface area contributed by atoms with Crippen LogP contribution in [0.1, 0.15) is 16.1 Å². The van der Waals surface area contributed by atoms with Gasteiger partial charge >= 0.3 is 0 Å². The van der Waals surface area contributed by atoms with Crippen LogP contribution < -0.4 is 15.4 Å². The van der Waals surface area contributed by atoms with Crippen LogP contribution in [0.5, 0.6) is 5.75 Å². The van der Waals surface area contributed by atoms with Crippen molar-refractivity contribution >= 4 is 17.3 Å². The number of H-pyrrole nitrogens is 1. The van der Waals surface area contributed by atoms with E-state index in [9.17, 15) is 13.6 Å². The number of carbonyl (C=O) groups is 1. The molecule has 0 atom stereocenters. The van der Waals surface area contributed by atoms with Crippen molar-refractivity contribution < 1.29 is 23.0 Å². The number of aromatic nitrogens is 2. The van der Waals surface area contributed by atoms with E-state index in [4.69, 9.17) is 9.47 Å². The van der Waals surface area contributed by atoms with Gasteiger partial charge in [-0.25, -0.2) is 8.78 Å². The van der Waals surface area contributed by atoms with Gasteiger partial charge in [-0.15, -0.1) is 0 Å². The zero-order valence-electron chi connectivity index (χ0n) is 16.2. The minimum absolute atomic E-state index is 0.250. The maximum atomic E-state index is 13.7. The van der Waals surface area contributed by atoms with Gasteiger partial charge in [0, 0.05) is 49.3 Å². The van der Waals surface area contributed by atoms with E-state index >= 15 is 0 Å². The monoisotopic (exact) mass is 414 g/mol. The zero-order chi connectivity index (χ0) is 21.1. The van der Waals surface area contributed by atoms with E-state index in [0.717, 1.165) is 17.8 Å². The number of hydrogen-bond donors (Lipinski definition) is 3. The molecule has 0 saturated heterocycles. The van der Waals surface area contributed by atoms with E-state index in [1.807, 2.05) is 0 Å². The molecular formula is C21H20F2N4O3. The predicted molar refractivity (Wildman–Crippen MR) is 107 cm³/mol. The summed E-state index contributed by atoms with van der Waals surface area (Å²) in [5.74, 6) is -1.68. The number of nitrogens with one attached hydrogen (secondary N) is 3. The van der Waals surface area contributed by atoms with E-state index in [1.54, 1.807) is 25.6 Å². The minimum Gasteiger partial charge on any atom is -0.489 e. The predicted octanol–water partition coefficient (Wildman–Crippen LogP) is 3.41. The number of methoxy groups -OCH3 is 1. The van der Waals surface area contributed by atoms with Crippen LogP contribution in [0.3, 0.4) is 0 Å². The van der Waals surface area contributed by atoms with Gasteiger partial charge < -0.3 is 25.1 Å². The largest absolute Gasteiger partial charge is 0.489 e. The number of anilines is 2. The Hall–Kier alpha value is -3.46. The van der Waals surface area contributed by atoms with Gasteiger partial charge in [0.1, 0.15) is 12.4 Å². The summed E-state index contributed by atoms with van der Waals surface area (Å²) < 4.78 is 37.9. The Kier molecular flexibility index (Phi) is 5.62. The standard InChI is InChI=1S/C21H20F2N4O3/c1-29-8-9-30-17-11-24-6-4-13(17)19-20(18-16(27-19)5-7-25-21(18)28)26-12-2-3-14(22)15(23)10-12/h2-4,6,10-11,26-27H,5,7-9H2,1H3,(H,25,28). The van der Waals surface area contributed by atoms with Gasteiger partial charge in [-0.1, -0.05) is 0 Å². The number of pyridine rings is 1. The van der Waals surface area contributed by atoms with Crippen molar-refractivity contribution in [3.63, 3.8) is 0 Å². The summed E-state index contributed by atoms with van der Waals surface area (Å²) >= 11 is 0. The van der Waals surface area contributed by atoms with Crippen LogP contribution in [0.2, 0.25) is 0 Å². The van der Waals surface area contributed by atoms with E-state index in [0.29, 0.717) is 60.1 Å². The third kappa shape index (κ3) is 3.84. The SMILES string of the molecule is COCCOc1cnccc1-c1[nH]c2c(c1Nc1ccc(F)c(F)c1)C(=O)NCC2. The number of carbonyl (C=O) groups excluding carboxylic acids is 1. The molecule has 156 valence electrons. The lowest BCUT2D eigenvalue weighted by molar-refractivity contribution is 0.0947. The number of aromatic amines is 1. The van der Waals surface area contributed by atoms with Gasteiger partial charge in [-0.05, 0) is 18.2 Å². The van der Waals surface area contributed by atoms with Crippen LogP contribution in [-0.2, 0) is 11.2 Å². The number of benzene rings is 1. The maximum Gasteiger partial charge on any atom is 0.255 e. The van der Waals surface area contributed by atoms with E-state index in [1.165, 1.54) is 6.07 Å². The van der Waals surface area contributed by atoms with Crippen molar-refractivity contribution in [1.82, 2.24) is 15.3 Å². The lowest BCUT2D eigenvalue weighted by Crippen LogP contribution is -2.31. The van der Waals surface area contributed by atoms with Crippen LogP contribution in [-0.4, -0.2) is 42.7 Å². The lowest BCUT2D eigenvalue weighted by Gasteiger charge is -2.16. The van der Waals surface area contributed by atoms with Gasteiger partial charge in [0.15, 0.2) is 11.6 Å². The van der Waals surface area contributed by atoms with Crippen LogP contribution in [0.4, 0.5) is 20.2 Å². The molecule has 1 aliphatic rings. The fourth-order valence-electron chi connectivity index (χ4n) is 3.36. The van der Waals surface area contributed by atoms with Crippen molar-refractivity contribution in [2.75, 3.05) is 32.2 Å². The molecule has 0 aliphatic carbocycles. The molecule has 7 nitrogen and oxygen atoms in total. The number of amides is 1. The van der Waals surface area contributed by atoms with E-state index in [2.05, 4.69) is 20.6 Å². The number of nitrogens with zero attached hydrogens (tertiary/aromatic N) is 1. The third-order valence-corrected chi connectivity index (χ3v) is 4.75. The van der Waals surface area contributed by atoms with Crippen molar-refractivity contribution in [2.45, 2.75) is 6.42 Å². The van der Waals surface area contributed by atoms with Crippen LogP contribution in [0.15, 0.2) is 36.7 Å². The summed E-state index contributed by atoms with van der Waals surface area (Å²) in [5, 5.41) is 5.89. The lowest BCUT2D eigenvalue weighted by atomic mass is 10.0. The summed E-state index contributed by atoms with van der Waals surface area (Å²) in [4.78, 5) is 20.0. The molecule has 1 amide bonds. The summed E-state index contributed by atoms with van der Waals surface area (Å²) in [6, 6.07) is 5.24. The molecule has 0 bridgehead atoms. The van der Waals surface area contributed by atoms with Crippen LogP contribution in [0.25, 0.3) is 11.3 Å². The average Bonchev–Trinajstić information content (AvgIpc) is 3.11. The molecule has 0 radical (unpaired) electrons. The topological polar surface area (TPSA) is 88.3 Å². The molecule has 2 aromatic heterocycles. The molecule has 3 N–H and O–H groups in total. The minimum atomic E-state index is -0.983. The summed E-state index contributed by atoms with van der Waals surface area (Å²) in [7, 11) is 1.58. The van der Waals surface area contributed by atoms with Gasteiger partial charge in [-0.3, -0.25) is 9.78 Å². The average molecular weight is 414 g/mol. The Morgan fingerprint density at radius 2 is 2.07 bits per heavy atom. The van der Waals surface area contributed by atoms with Gasteiger partial charge in [0.05, 0.1) is 29.7 Å². The molecule has 1 aliphatic heterocycles. The Morgan fingerprint density at radius 3 is 2.87 bits per heavy atom. The molecule has 30 heavy (non-hydrogen) atoms. The fraction of sp³-hybridized carbons (Fsp3) is 0.238.